The van der Waals surface area contributed by atoms with Gasteiger partial charge in [0.1, 0.15) is 6.10 Å². The molecule has 0 amide bonds. The van der Waals surface area contributed by atoms with Crippen molar-refractivity contribution < 1.29 is 13.2 Å². The van der Waals surface area contributed by atoms with E-state index in [0.717, 1.165) is 12.0 Å². The number of rotatable bonds is 5. The second-order valence-electron chi connectivity index (χ2n) is 6.58. The Morgan fingerprint density at radius 3 is 2.48 bits per heavy atom. The van der Waals surface area contributed by atoms with Crippen LogP contribution < -0.4 is 0 Å². The van der Waals surface area contributed by atoms with E-state index in [1.54, 1.807) is 24.3 Å². The second kappa shape index (κ2) is 7.00. The minimum atomic E-state index is -3.55. The predicted molar refractivity (Wildman–Crippen MR) is 99.8 cm³/mol. The molecule has 132 valence electrons. The Kier molecular flexibility index (Phi) is 4.95. The minimum Gasteiger partial charge on any atom is -0.477 e. The molecule has 5 heteroatoms. The van der Waals surface area contributed by atoms with Crippen molar-refractivity contribution in [2.45, 2.75) is 50.0 Å². The third-order valence-corrected chi connectivity index (χ3v) is 6.83. The van der Waals surface area contributed by atoms with Crippen LogP contribution in [0, 0.1) is 20.8 Å². The lowest BCUT2D eigenvalue weighted by atomic mass is 9.98. The fourth-order valence-corrected chi connectivity index (χ4v) is 4.68. The summed E-state index contributed by atoms with van der Waals surface area (Å²) in [7, 11) is -3.55. The maximum atomic E-state index is 12.9. The molecule has 0 fully saturated rings. The standard InChI is InChI=1S/C20H23NO3S/c1-14-7-10-18(11-8-14)25(22,23)20-19(24-13-21-20)12-9-17-6-4-5-15(2)16(17)3/h4-8,10-11,13,19-20H,9,12H2,1-3H3. The summed E-state index contributed by atoms with van der Waals surface area (Å²) in [5.41, 5.74) is 4.74. The first-order valence-electron chi connectivity index (χ1n) is 8.42. The molecule has 0 N–H and O–H groups in total. The molecule has 1 aliphatic rings. The van der Waals surface area contributed by atoms with E-state index in [0.29, 0.717) is 11.3 Å². The topological polar surface area (TPSA) is 55.7 Å². The van der Waals surface area contributed by atoms with Gasteiger partial charge in [-0.05, 0) is 62.4 Å². The van der Waals surface area contributed by atoms with Gasteiger partial charge in [0.25, 0.3) is 0 Å². The maximum absolute atomic E-state index is 12.9. The molecule has 4 nitrogen and oxygen atoms in total. The van der Waals surface area contributed by atoms with Crippen LogP contribution in [-0.2, 0) is 21.0 Å². The number of hydrogen-bond donors (Lipinski definition) is 0. The number of ether oxygens (including phenoxy) is 1. The molecule has 1 heterocycles. The maximum Gasteiger partial charge on any atom is 0.205 e. The van der Waals surface area contributed by atoms with Crippen molar-refractivity contribution >= 4 is 16.2 Å². The molecule has 0 aromatic heterocycles. The van der Waals surface area contributed by atoms with E-state index in [9.17, 15) is 8.42 Å². The molecule has 0 aliphatic carbocycles. The van der Waals surface area contributed by atoms with Gasteiger partial charge in [0.05, 0.1) is 4.90 Å². The van der Waals surface area contributed by atoms with Gasteiger partial charge in [0, 0.05) is 0 Å². The predicted octanol–water partition coefficient (Wildman–Crippen LogP) is 3.77. The first kappa shape index (κ1) is 17.7. The van der Waals surface area contributed by atoms with Gasteiger partial charge in [-0.15, -0.1) is 0 Å². The van der Waals surface area contributed by atoms with Gasteiger partial charge >= 0.3 is 0 Å². The molecule has 2 unspecified atom stereocenters. The number of aryl methyl sites for hydroxylation is 3. The zero-order chi connectivity index (χ0) is 18.0. The fraction of sp³-hybridized carbons (Fsp3) is 0.350. The Morgan fingerprint density at radius 1 is 1.04 bits per heavy atom. The smallest absolute Gasteiger partial charge is 0.205 e. The highest BCUT2D eigenvalue weighted by Crippen LogP contribution is 2.27. The summed E-state index contributed by atoms with van der Waals surface area (Å²) < 4.78 is 31.3. The molecule has 1 aliphatic heterocycles. The number of hydrogen-bond acceptors (Lipinski definition) is 4. The van der Waals surface area contributed by atoms with Crippen molar-refractivity contribution in [2.75, 3.05) is 0 Å². The van der Waals surface area contributed by atoms with E-state index in [-0.39, 0.29) is 0 Å². The Morgan fingerprint density at radius 2 is 1.76 bits per heavy atom. The van der Waals surface area contributed by atoms with Gasteiger partial charge in [-0.25, -0.2) is 13.4 Å². The summed E-state index contributed by atoms with van der Waals surface area (Å²) in [6.45, 7) is 6.11. The van der Waals surface area contributed by atoms with Crippen LogP contribution in [0.2, 0.25) is 0 Å². The average molecular weight is 357 g/mol. The van der Waals surface area contributed by atoms with E-state index in [2.05, 4.69) is 31.0 Å². The fourth-order valence-electron chi connectivity index (χ4n) is 3.07. The van der Waals surface area contributed by atoms with E-state index >= 15 is 0 Å². The molecule has 0 saturated carbocycles. The Hall–Kier alpha value is -2.14. The largest absolute Gasteiger partial charge is 0.477 e. The average Bonchev–Trinajstić information content (AvgIpc) is 3.06. The van der Waals surface area contributed by atoms with E-state index in [1.165, 1.54) is 23.1 Å². The van der Waals surface area contributed by atoms with Crippen molar-refractivity contribution in [3.63, 3.8) is 0 Å². The quantitative estimate of drug-likeness (QED) is 0.818. The lowest BCUT2D eigenvalue weighted by Gasteiger charge is -2.18. The minimum absolute atomic E-state index is 0.294. The molecule has 2 atom stereocenters. The van der Waals surface area contributed by atoms with Gasteiger partial charge in [-0.2, -0.15) is 0 Å². The van der Waals surface area contributed by atoms with Gasteiger partial charge in [0.15, 0.2) is 11.8 Å². The van der Waals surface area contributed by atoms with Crippen molar-refractivity contribution in [1.29, 1.82) is 0 Å². The van der Waals surface area contributed by atoms with Crippen molar-refractivity contribution in [1.82, 2.24) is 0 Å². The highest BCUT2D eigenvalue weighted by Gasteiger charge is 2.38. The normalized spacial score (nSPS) is 19.8. The van der Waals surface area contributed by atoms with Crippen LogP contribution in [0.3, 0.4) is 0 Å². The summed E-state index contributed by atoms with van der Waals surface area (Å²) in [5.74, 6) is 0. The summed E-state index contributed by atoms with van der Waals surface area (Å²) in [6, 6.07) is 13.1. The van der Waals surface area contributed by atoms with Gasteiger partial charge in [-0.3, -0.25) is 0 Å². The zero-order valence-electron chi connectivity index (χ0n) is 14.8. The van der Waals surface area contributed by atoms with Crippen LogP contribution in [0.5, 0.6) is 0 Å². The lowest BCUT2D eigenvalue weighted by Crippen LogP contribution is -2.31. The highest BCUT2D eigenvalue weighted by atomic mass is 32.2. The van der Waals surface area contributed by atoms with Crippen molar-refractivity contribution in [3.05, 3.63) is 64.7 Å². The first-order chi connectivity index (χ1) is 11.9. The summed E-state index contributed by atoms with van der Waals surface area (Å²) >= 11 is 0. The lowest BCUT2D eigenvalue weighted by molar-refractivity contribution is 0.210. The van der Waals surface area contributed by atoms with E-state index in [1.807, 2.05) is 13.0 Å². The van der Waals surface area contributed by atoms with Crippen LogP contribution in [-0.4, -0.2) is 26.3 Å². The number of nitrogens with zero attached hydrogens (tertiary/aromatic N) is 1. The third-order valence-electron chi connectivity index (χ3n) is 4.84. The number of aliphatic imine (C=N–C) groups is 1. The number of benzene rings is 2. The molecule has 0 saturated heterocycles. The zero-order valence-corrected chi connectivity index (χ0v) is 15.6. The van der Waals surface area contributed by atoms with E-state index < -0.39 is 21.3 Å². The third kappa shape index (κ3) is 3.61. The van der Waals surface area contributed by atoms with Crippen molar-refractivity contribution in [3.8, 4) is 0 Å². The Balaban J connectivity index is 1.77. The van der Waals surface area contributed by atoms with Crippen LogP contribution in [0.15, 0.2) is 52.4 Å². The molecule has 0 spiro atoms. The van der Waals surface area contributed by atoms with Gasteiger partial charge in [-0.1, -0.05) is 35.9 Å². The number of sulfone groups is 1. The van der Waals surface area contributed by atoms with Crippen LogP contribution >= 0.6 is 0 Å². The highest BCUT2D eigenvalue weighted by molar-refractivity contribution is 7.92. The van der Waals surface area contributed by atoms with Crippen LogP contribution in [0.4, 0.5) is 0 Å². The molecular weight excluding hydrogens is 334 g/mol. The SMILES string of the molecule is Cc1ccc(S(=O)(=O)C2N=COC2CCc2cccc(C)c2C)cc1. The molecule has 25 heavy (non-hydrogen) atoms. The Labute approximate surface area is 149 Å². The van der Waals surface area contributed by atoms with Crippen molar-refractivity contribution in [2.24, 2.45) is 4.99 Å². The summed E-state index contributed by atoms with van der Waals surface area (Å²) in [4.78, 5) is 4.40. The molecule has 2 aromatic carbocycles. The van der Waals surface area contributed by atoms with E-state index in [4.69, 9.17) is 4.74 Å². The summed E-state index contributed by atoms with van der Waals surface area (Å²) in [6.07, 6.45) is 2.21. The summed E-state index contributed by atoms with van der Waals surface area (Å²) in [5, 5.41) is -0.875. The molecule has 3 rings (SSSR count). The monoisotopic (exact) mass is 357 g/mol. The van der Waals surface area contributed by atoms with Crippen LogP contribution in [0.1, 0.15) is 28.7 Å². The van der Waals surface area contributed by atoms with Gasteiger partial charge < -0.3 is 4.74 Å². The molecule has 0 radical (unpaired) electrons. The molecule has 2 aromatic rings. The first-order valence-corrected chi connectivity index (χ1v) is 9.97. The Bertz CT molecular complexity index is 886. The molecular formula is C20H23NO3S. The molecule has 0 bridgehead atoms. The second-order valence-corrected chi connectivity index (χ2v) is 8.62. The van der Waals surface area contributed by atoms with Crippen LogP contribution in [0.25, 0.3) is 0 Å². The van der Waals surface area contributed by atoms with Gasteiger partial charge in [0.2, 0.25) is 9.84 Å².